The van der Waals surface area contributed by atoms with Gasteiger partial charge in [-0.2, -0.15) is 0 Å². The minimum absolute atomic E-state index is 0.145. The maximum Gasteiger partial charge on any atom is 0.360 e. The van der Waals surface area contributed by atoms with Gasteiger partial charge < -0.3 is 14.4 Å². The van der Waals surface area contributed by atoms with Gasteiger partial charge in [0, 0.05) is 38.3 Å². The number of anilines is 1. The molecule has 1 saturated heterocycles. The van der Waals surface area contributed by atoms with Crippen LogP contribution in [0.3, 0.4) is 0 Å². The van der Waals surface area contributed by atoms with Crippen LogP contribution >= 0.6 is 0 Å². The van der Waals surface area contributed by atoms with E-state index in [9.17, 15) is 4.79 Å². The Balaban J connectivity index is 1.26. The summed E-state index contributed by atoms with van der Waals surface area (Å²) < 4.78 is 10.7. The van der Waals surface area contributed by atoms with E-state index in [1.54, 1.807) is 12.1 Å². The SMILES string of the molecule is COC(=O)c1nc(C#CCCCN2CCN(c3ccccc3)CC2)ccc1OCc1ccccc1. The molecule has 1 aliphatic heterocycles. The zero-order valence-electron chi connectivity index (χ0n) is 20.2. The van der Waals surface area contributed by atoms with Gasteiger partial charge in [0.1, 0.15) is 12.3 Å². The van der Waals surface area contributed by atoms with Crippen molar-refractivity contribution in [2.45, 2.75) is 19.4 Å². The molecule has 0 radical (unpaired) electrons. The van der Waals surface area contributed by atoms with Crippen molar-refractivity contribution in [3.63, 3.8) is 0 Å². The number of carbonyl (C=O) groups excluding carboxylic acids is 1. The molecular formula is C29H31N3O3. The minimum Gasteiger partial charge on any atom is -0.486 e. The summed E-state index contributed by atoms with van der Waals surface area (Å²) in [6, 6.07) is 23.9. The summed E-state index contributed by atoms with van der Waals surface area (Å²) >= 11 is 0. The molecule has 0 bridgehead atoms. The van der Waals surface area contributed by atoms with E-state index in [1.165, 1.54) is 12.8 Å². The second kappa shape index (κ2) is 12.6. The fourth-order valence-corrected chi connectivity index (χ4v) is 4.02. The van der Waals surface area contributed by atoms with Gasteiger partial charge in [-0.3, -0.25) is 4.90 Å². The summed E-state index contributed by atoms with van der Waals surface area (Å²) in [6.07, 6.45) is 1.78. The molecule has 180 valence electrons. The number of carbonyl (C=O) groups is 1. The maximum absolute atomic E-state index is 12.2. The molecule has 0 spiro atoms. The van der Waals surface area contributed by atoms with Gasteiger partial charge in [0.25, 0.3) is 0 Å². The standard InChI is InChI=1S/C29H31N3O3/c1-34-29(33)28-27(35-23-24-11-5-2-6-12-24)17-16-25(30-28)13-7-4-10-18-31-19-21-32(22-20-31)26-14-8-3-9-15-26/h2-3,5-6,8-9,11-12,14-17H,4,10,18-23H2,1H3. The number of hydrogen-bond donors (Lipinski definition) is 0. The number of rotatable bonds is 8. The van der Waals surface area contributed by atoms with Crippen LogP contribution in [0.2, 0.25) is 0 Å². The van der Waals surface area contributed by atoms with Crippen molar-refractivity contribution in [1.82, 2.24) is 9.88 Å². The van der Waals surface area contributed by atoms with E-state index in [2.05, 4.69) is 57.0 Å². The number of pyridine rings is 1. The van der Waals surface area contributed by atoms with Gasteiger partial charge in [-0.05, 0) is 48.7 Å². The lowest BCUT2D eigenvalue weighted by Crippen LogP contribution is -2.46. The normalized spacial score (nSPS) is 13.6. The first-order chi connectivity index (χ1) is 17.2. The van der Waals surface area contributed by atoms with Crippen molar-refractivity contribution in [2.75, 3.05) is 44.7 Å². The van der Waals surface area contributed by atoms with Crippen molar-refractivity contribution in [2.24, 2.45) is 0 Å². The minimum atomic E-state index is -0.536. The molecule has 0 amide bonds. The van der Waals surface area contributed by atoms with Gasteiger partial charge in [0.15, 0.2) is 11.4 Å². The molecular weight excluding hydrogens is 438 g/mol. The highest BCUT2D eigenvalue weighted by Crippen LogP contribution is 2.20. The van der Waals surface area contributed by atoms with E-state index >= 15 is 0 Å². The first-order valence-corrected chi connectivity index (χ1v) is 12.0. The summed E-state index contributed by atoms with van der Waals surface area (Å²) in [5.41, 5.74) is 2.99. The number of unbranched alkanes of at least 4 members (excludes halogenated alkanes) is 1. The van der Waals surface area contributed by atoms with Crippen molar-refractivity contribution in [1.29, 1.82) is 0 Å². The van der Waals surface area contributed by atoms with Gasteiger partial charge in [0.05, 0.1) is 7.11 Å². The zero-order chi connectivity index (χ0) is 24.3. The van der Waals surface area contributed by atoms with Gasteiger partial charge in [-0.15, -0.1) is 0 Å². The average Bonchev–Trinajstić information content (AvgIpc) is 2.93. The number of methoxy groups -OCH3 is 1. The van der Waals surface area contributed by atoms with Crippen LogP contribution in [0.4, 0.5) is 5.69 Å². The third-order valence-electron chi connectivity index (χ3n) is 5.96. The predicted molar refractivity (Wildman–Crippen MR) is 138 cm³/mol. The molecule has 0 unspecified atom stereocenters. The fraction of sp³-hybridized carbons (Fsp3) is 0.310. The Labute approximate surface area is 207 Å². The van der Waals surface area contributed by atoms with E-state index in [4.69, 9.17) is 9.47 Å². The summed E-state index contributed by atoms with van der Waals surface area (Å²) in [4.78, 5) is 21.6. The molecule has 35 heavy (non-hydrogen) atoms. The van der Waals surface area contributed by atoms with Crippen LogP contribution in [-0.4, -0.2) is 55.7 Å². The van der Waals surface area contributed by atoms with E-state index < -0.39 is 5.97 Å². The Kier molecular flexibility index (Phi) is 8.74. The molecule has 3 aromatic rings. The second-order valence-electron chi connectivity index (χ2n) is 8.38. The Bertz CT molecular complexity index is 1150. The number of piperazine rings is 1. The number of esters is 1. The fourth-order valence-electron chi connectivity index (χ4n) is 4.02. The molecule has 1 aromatic heterocycles. The smallest absolute Gasteiger partial charge is 0.360 e. The summed E-state index contributed by atoms with van der Waals surface area (Å²) in [5.74, 6) is 6.13. The molecule has 6 nitrogen and oxygen atoms in total. The lowest BCUT2D eigenvalue weighted by Gasteiger charge is -2.36. The lowest BCUT2D eigenvalue weighted by molar-refractivity contribution is 0.0588. The molecule has 0 saturated carbocycles. The van der Waals surface area contributed by atoms with Crippen LogP contribution in [0.25, 0.3) is 0 Å². The molecule has 1 aliphatic rings. The molecule has 2 heterocycles. The number of para-hydroxylation sites is 1. The molecule has 6 heteroatoms. The van der Waals surface area contributed by atoms with E-state index in [0.29, 0.717) is 18.1 Å². The Morgan fingerprint density at radius 1 is 0.943 bits per heavy atom. The first kappa shape index (κ1) is 24.3. The van der Waals surface area contributed by atoms with Gasteiger partial charge in [0.2, 0.25) is 0 Å². The molecule has 1 fully saturated rings. The van der Waals surface area contributed by atoms with Crippen molar-refractivity contribution in [3.8, 4) is 17.6 Å². The first-order valence-electron chi connectivity index (χ1n) is 12.0. The van der Waals surface area contributed by atoms with E-state index in [0.717, 1.165) is 51.1 Å². The monoisotopic (exact) mass is 469 g/mol. The quantitative estimate of drug-likeness (QED) is 0.277. The maximum atomic E-state index is 12.2. The van der Waals surface area contributed by atoms with E-state index in [-0.39, 0.29) is 5.69 Å². The van der Waals surface area contributed by atoms with Crippen molar-refractivity contribution >= 4 is 11.7 Å². The zero-order valence-corrected chi connectivity index (χ0v) is 20.2. The van der Waals surface area contributed by atoms with Crippen LogP contribution < -0.4 is 9.64 Å². The highest BCUT2D eigenvalue weighted by molar-refractivity contribution is 5.90. The molecule has 2 aromatic carbocycles. The summed E-state index contributed by atoms with van der Waals surface area (Å²) in [5, 5.41) is 0. The number of nitrogens with zero attached hydrogens (tertiary/aromatic N) is 3. The van der Waals surface area contributed by atoms with Gasteiger partial charge in [-0.1, -0.05) is 54.5 Å². The Hall–Kier alpha value is -3.82. The van der Waals surface area contributed by atoms with Crippen molar-refractivity contribution in [3.05, 3.63) is 89.7 Å². The lowest BCUT2D eigenvalue weighted by atomic mass is 10.2. The molecule has 0 N–H and O–H groups in total. The van der Waals surface area contributed by atoms with Gasteiger partial charge in [-0.25, -0.2) is 9.78 Å². The van der Waals surface area contributed by atoms with Crippen LogP contribution in [-0.2, 0) is 11.3 Å². The van der Waals surface area contributed by atoms with Crippen molar-refractivity contribution < 1.29 is 14.3 Å². The molecule has 4 rings (SSSR count). The Morgan fingerprint density at radius 3 is 2.37 bits per heavy atom. The third-order valence-corrected chi connectivity index (χ3v) is 5.96. The highest BCUT2D eigenvalue weighted by atomic mass is 16.5. The highest BCUT2D eigenvalue weighted by Gasteiger charge is 2.17. The topological polar surface area (TPSA) is 54.9 Å². The van der Waals surface area contributed by atoms with E-state index in [1.807, 2.05) is 30.3 Å². The number of hydrogen-bond acceptors (Lipinski definition) is 6. The molecule has 0 aliphatic carbocycles. The van der Waals surface area contributed by atoms with Crippen LogP contribution in [0, 0.1) is 11.8 Å². The Morgan fingerprint density at radius 2 is 1.66 bits per heavy atom. The second-order valence-corrected chi connectivity index (χ2v) is 8.38. The molecule has 0 atom stereocenters. The summed E-state index contributed by atoms with van der Waals surface area (Å²) in [7, 11) is 1.34. The van der Waals surface area contributed by atoms with Crippen LogP contribution in [0.15, 0.2) is 72.8 Å². The number of aromatic nitrogens is 1. The number of benzene rings is 2. The predicted octanol–water partition coefficient (Wildman–Crippen LogP) is 4.40. The average molecular weight is 470 g/mol. The van der Waals surface area contributed by atoms with Crippen LogP contribution in [0.5, 0.6) is 5.75 Å². The largest absolute Gasteiger partial charge is 0.486 e. The van der Waals surface area contributed by atoms with Crippen LogP contribution in [0.1, 0.15) is 34.6 Å². The van der Waals surface area contributed by atoms with Gasteiger partial charge >= 0.3 is 5.97 Å². The third kappa shape index (κ3) is 7.08. The summed E-state index contributed by atoms with van der Waals surface area (Å²) in [6.45, 7) is 5.61. The number of ether oxygens (including phenoxy) is 2.